The van der Waals surface area contributed by atoms with Crippen LogP contribution in [0.4, 0.5) is 14.0 Å². The third kappa shape index (κ3) is 7.89. The summed E-state index contributed by atoms with van der Waals surface area (Å²) in [5, 5.41) is 4.64. The zero-order valence-electron chi connectivity index (χ0n) is 29.2. The van der Waals surface area contributed by atoms with Crippen molar-refractivity contribution in [2.24, 2.45) is 11.3 Å². The Morgan fingerprint density at radius 3 is 2.32 bits per heavy atom. The van der Waals surface area contributed by atoms with E-state index >= 15 is 0 Å². The Morgan fingerprint density at radius 1 is 1.08 bits per heavy atom. The lowest BCUT2D eigenvalue weighted by molar-refractivity contribution is -0.143. The minimum absolute atomic E-state index is 0.0175. The van der Waals surface area contributed by atoms with E-state index in [4.69, 9.17) is 9.47 Å². The zero-order chi connectivity index (χ0) is 37.0. The normalized spacial score (nSPS) is 25.2. The molecule has 2 aliphatic heterocycles. The number of fused-ring (bicyclic) bond motifs is 1. The van der Waals surface area contributed by atoms with Crippen molar-refractivity contribution in [1.29, 1.82) is 0 Å². The van der Waals surface area contributed by atoms with Gasteiger partial charge in [-0.3, -0.25) is 24.0 Å². The van der Waals surface area contributed by atoms with Gasteiger partial charge in [-0.25, -0.2) is 22.4 Å². The SMILES string of the molecule is C=CC1C[C@]1(NC(=O)C1CC(OC(=O)N2Cc3cccc(F)c3C2)CN1C(=O)C(NC(=O)OC(C)(C)C)C(C)(C)C)C(=O)NS(=O)(=O)C1CC1. The van der Waals surface area contributed by atoms with Crippen LogP contribution in [0.25, 0.3) is 0 Å². The minimum atomic E-state index is -3.93. The highest BCUT2D eigenvalue weighted by atomic mass is 32.2. The molecule has 1 aromatic rings. The summed E-state index contributed by atoms with van der Waals surface area (Å²) >= 11 is 0. The number of nitrogens with zero attached hydrogens (tertiary/aromatic N) is 2. The zero-order valence-corrected chi connectivity index (χ0v) is 30.0. The lowest BCUT2D eigenvalue weighted by Gasteiger charge is -2.36. The number of hydrogen-bond donors (Lipinski definition) is 3. The van der Waals surface area contributed by atoms with Gasteiger partial charge in [0.2, 0.25) is 21.8 Å². The average molecular weight is 720 g/mol. The molecule has 0 spiro atoms. The molecule has 274 valence electrons. The summed E-state index contributed by atoms with van der Waals surface area (Å²) in [6.45, 7) is 13.7. The van der Waals surface area contributed by atoms with E-state index in [0.29, 0.717) is 24.0 Å². The smallest absolute Gasteiger partial charge is 0.410 e. The van der Waals surface area contributed by atoms with Crippen molar-refractivity contribution < 1.29 is 46.3 Å². The van der Waals surface area contributed by atoms with Gasteiger partial charge in [-0.2, -0.15) is 0 Å². The molecule has 14 nitrogen and oxygen atoms in total. The topological polar surface area (TPSA) is 181 Å². The molecule has 5 rings (SSSR count). The maximum atomic E-state index is 14.4. The quantitative estimate of drug-likeness (QED) is 0.324. The van der Waals surface area contributed by atoms with Gasteiger partial charge in [-0.05, 0) is 57.1 Å². The van der Waals surface area contributed by atoms with E-state index in [2.05, 4.69) is 21.9 Å². The number of hydrogen-bond acceptors (Lipinski definition) is 9. The molecule has 4 unspecified atom stereocenters. The minimum Gasteiger partial charge on any atom is -0.444 e. The molecule has 5 amide bonds. The van der Waals surface area contributed by atoms with E-state index in [-0.39, 0.29) is 32.5 Å². The first kappa shape index (κ1) is 37.1. The van der Waals surface area contributed by atoms with E-state index < -0.39 is 91.7 Å². The van der Waals surface area contributed by atoms with Gasteiger partial charge >= 0.3 is 12.2 Å². The fourth-order valence-electron chi connectivity index (χ4n) is 6.36. The molecule has 16 heteroatoms. The van der Waals surface area contributed by atoms with Crippen molar-refractivity contribution in [3.8, 4) is 0 Å². The van der Waals surface area contributed by atoms with Gasteiger partial charge in [0.05, 0.1) is 18.3 Å². The largest absolute Gasteiger partial charge is 0.444 e. The molecule has 1 aromatic carbocycles. The van der Waals surface area contributed by atoms with Gasteiger partial charge in [-0.15, -0.1) is 6.58 Å². The van der Waals surface area contributed by atoms with Crippen LogP contribution in [0, 0.1) is 17.2 Å². The van der Waals surface area contributed by atoms with Crippen molar-refractivity contribution in [2.45, 2.75) is 115 Å². The predicted octanol–water partition coefficient (Wildman–Crippen LogP) is 2.86. The van der Waals surface area contributed by atoms with Crippen molar-refractivity contribution in [1.82, 2.24) is 25.2 Å². The molecular formula is C34H46FN5O9S. The molecular weight excluding hydrogens is 673 g/mol. The lowest BCUT2D eigenvalue weighted by Crippen LogP contribution is -2.60. The molecule has 5 atom stereocenters. The summed E-state index contributed by atoms with van der Waals surface area (Å²) in [6, 6.07) is 2.09. The van der Waals surface area contributed by atoms with Crippen LogP contribution >= 0.6 is 0 Å². The number of benzene rings is 1. The van der Waals surface area contributed by atoms with Crippen molar-refractivity contribution in [3.63, 3.8) is 0 Å². The summed E-state index contributed by atoms with van der Waals surface area (Å²) in [4.78, 5) is 70.4. The van der Waals surface area contributed by atoms with Crippen molar-refractivity contribution in [2.75, 3.05) is 6.54 Å². The molecule has 3 N–H and O–H groups in total. The third-order valence-electron chi connectivity index (χ3n) is 9.32. The second-order valence-electron chi connectivity index (χ2n) is 15.6. The van der Waals surface area contributed by atoms with Crippen LogP contribution in [-0.4, -0.2) is 89.2 Å². The number of amides is 5. The van der Waals surface area contributed by atoms with Gasteiger partial charge in [0.1, 0.15) is 35.1 Å². The Kier molecular flexibility index (Phi) is 9.75. The van der Waals surface area contributed by atoms with Crippen LogP contribution in [0.1, 0.15) is 78.4 Å². The standard InChI is InChI=1S/C34H46FN5O9S/c1-8-20-15-34(20,29(43)38-50(46,47)22-12-13-22)37-27(41)25-14-21(48-31(45)39-16-19-10-9-11-24(35)23(19)18-39)17-40(25)28(42)26(32(2,3)4)36-30(44)49-33(5,6)7/h8-11,20-22,25-26H,1,12-18H2,2-7H3,(H,36,44)(H,37,41)(H,38,43)/t20?,21?,25?,26?,34-/m1/s1. The van der Waals surface area contributed by atoms with Gasteiger partial charge in [0.25, 0.3) is 5.91 Å². The first-order chi connectivity index (χ1) is 23.1. The number of carbonyl (C=O) groups is 5. The second-order valence-corrected chi connectivity index (χ2v) is 17.6. The molecule has 0 radical (unpaired) electrons. The molecule has 3 fully saturated rings. The summed E-state index contributed by atoms with van der Waals surface area (Å²) < 4.78 is 52.9. The fraction of sp³-hybridized carbons (Fsp3) is 0.618. The molecule has 50 heavy (non-hydrogen) atoms. The monoisotopic (exact) mass is 719 g/mol. The summed E-state index contributed by atoms with van der Waals surface area (Å²) in [5.41, 5.74) is -2.35. The number of ether oxygens (including phenoxy) is 2. The predicted molar refractivity (Wildman–Crippen MR) is 178 cm³/mol. The molecule has 0 aromatic heterocycles. The van der Waals surface area contributed by atoms with Crippen molar-refractivity contribution in [3.05, 3.63) is 47.8 Å². The van der Waals surface area contributed by atoms with Gasteiger partial charge in [0, 0.05) is 24.4 Å². The second kappa shape index (κ2) is 13.2. The number of likely N-dealkylation sites (tertiary alicyclic amines) is 1. The maximum Gasteiger partial charge on any atom is 0.410 e. The number of carbonyl (C=O) groups excluding carboxylic acids is 5. The molecule has 2 saturated carbocycles. The Hall–Kier alpha value is -4.21. The van der Waals surface area contributed by atoms with Crippen LogP contribution in [0.3, 0.4) is 0 Å². The van der Waals surface area contributed by atoms with E-state index in [9.17, 15) is 36.8 Å². The first-order valence-electron chi connectivity index (χ1n) is 16.7. The summed E-state index contributed by atoms with van der Waals surface area (Å²) in [7, 11) is -3.93. The number of halogens is 1. The van der Waals surface area contributed by atoms with Crippen LogP contribution in [0.15, 0.2) is 30.9 Å². The molecule has 0 bridgehead atoms. The van der Waals surface area contributed by atoms with E-state index in [1.54, 1.807) is 53.7 Å². The Labute approximate surface area is 291 Å². The molecule has 4 aliphatic rings. The highest BCUT2D eigenvalue weighted by Crippen LogP contribution is 2.45. The lowest BCUT2D eigenvalue weighted by atomic mass is 9.85. The fourth-order valence-corrected chi connectivity index (χ4v) is 7.72. The van der Waals surface area contributed by atoms with E-state index in [1.807, 2.05) is 0 Å². The molecule has 2 heterocycles. The van der Waals surface area contributed by atoms with E-state index in [0.717, 1.165) is 0 Å². The summed E-state index contributed by atoms with van der Waals surface area (Å²) in [5.74, 6) is -3.36. The molecule has 1 saturated heterocycles. The van der Waals surface area contributed by atoms with Crippen LogP contribution in [-0.2, 0) is 47.0 Å². The first-order valence-corrected chi connectivity index (χ1v) is 18.2. The number of nitrogens with one attached hydrogen (secondary N) is 3. The van der Waals surface area contributed by atoms with Gasteiger partial charge in [0.15, 0.2) is 0 Å². The highest BCUT2D eigenvalue weighted by Gasteiger charge is 2.62. The summed E-state index contributed by atoms with van der Waals surface area (Å²) in [6.07, 6.45) is -0.394. The van der Waals surface area contributed by atoms with Crippen LogP contribution in [0.2, 0.25) is 0 Å². The average Bonchev–Trinajstić information content (AvgIpc) is 3.89. The van der Waals surface area contributed by atoms with Crippen LogP contribution < -0.4 is 15.4 Å². The van der Waals surface area contributed by atoms with E-state index in [1.165, 1.54) is 21.9 Å². The van der Waals surface area contributed by atoms with Crippen LogP contribution in [0.5, 0.6) is 0 Å². The maximum absolute atomic E-state index is 14.4. The number of sulfonamides is 1. The van der Waals surface area contributed by atoms with Crippen molar-refractivity contribution >= 4 is 39.9 Å². The Morgan fingerprint density at radius 2 is 1.76 bits per heavy atom. The highest BCUT2D eigenvalue weighted by molar-refractivity contribution is 7.91. The Balaban J connectivity index is 1.38. The van der Waals surface area contributed by atoms with Gasteiger partial charge < -0.3 is 25.0 Å². The van der Waals surface area contributed by atoms with Gasteiger partial charge in [-0.1, -0.05) is 39.0 Å². The number of rotatable bonds is 9. The third-order valence-corrected chi connectivity index (χ3v) is 11.1. The number of alkyl carbamates (subject to hydrolysis) is 1. The molecule has 2 aliphatic carbocycles. The Bertz CT molecular complexity index is 1700.